The molecule has 0 amide bonds. The molecule has 684 valence electrons. The van der Waals surface area contributed by atoms with Crippen molar-refractivity contribution >= 4 is 88.5 Å². The second-order valence-corrected chi connectivity index (χ2v) is 44.0. The first-order valence-electron chi connectivity index (χ1n) is 44.0. The quantitative estimate of drug-likeness (QED) is 0.0177. The second-order valence-electron chi connectivity index (χ2n) is 32.3. The van der Waals surface area contributed by atoms with Crippen molar-refractivity contribution in [2.75, 3.05) is 0 Å². The molecule has 0 spiro atoms. The Hall–Kier alpha value is -14.1. The maximum atomic E-state index is 13.6. The van der Waals surface area contributed by atoms with Crippen molar-refractivity contribution < 1.29 is 63.9 Å². The molecule has 0 N–H and O–H groups in total. The predicted molar refractivity (Wildman–Crippen MR) is 543 cm³/mol. The number of ether oxygens (including phenoxy) is 4. The standard InChI is InChI=1S/2C48H40O4S2.C21H18F3O3S2/c1-33-28-43(53(39-20-9-5-10-21-39)40-22-11-6-12-23-40)29-34(2)45(33)51-47(49)37-18-17-19-38(32-37)48(50)52-46-35(3)30-44(31-36(46)4)54(41-24-13-7-14-25-41)42-26-15-8-16-27-42;1-33-29-43(53(39-17-9-5-10-18-39)40-19-11-6-12-20-40)30-34(2)45(33)51-47(49)37-25-27-38(28-26-37)48(50)52-46-35(3)31-44(32-36(46)4)54(41-21-13-7-14-22-41)42-23-15-8-16-24-42;1-15-13-19(14-16(2)20(15)27-29(25,26)21(22,23)24)28(17-9-5-3-6-10-17)18-11-7-4-8-12-18/h2*5-32H,1-4H3;3-14H,1-2H3/q2*+2;+1. The van der Waals surface area contributed by atoms with Gasteiger partial charge in [0, 0.05) is 60.7 Å². The number of benzene rings is 17. The number of hydrogen-bond acceptors (Lipinski definition) is 11. The van der Waals surface area contributed by atoms with Crippen molar-refractivity contribution in [1.29, 1.82) is 0 Å². The zero-order valence-corrected chi connectivity index (χ0v) is 81.7. The summed E-state index contributed by atoms with van der Waals surface area (Å²) in [5.74, 6) is -0.269. The Morgan fingerprint density at radius 2 is 0.350 bits per heavy atom. The number of halogens is 3. The van der Waals surface area contributed by atoms with Crippen molar-refractivity contribution in [2.24, 2.45) is 0 Å². The molecule has 20 heteroatoms. The van der Waals surface area contributed by atoms with Gasteiger partial charge in [0.05, 0.1) is 76.7 Å². The molecule has 11 nitrogen and oxygen atoms in total. The molecule has 0 aliphatic rings. The molecule has 0 aliphatic heterocycles. The number of alkyl halides is 3. The van der Waals surface area contributed by atoms with Crippen LogP contribution in [0.3, 0.4) is 0 Å². The molecule has 137 heavy (non-hydrogen) atoms. The van der Waals surface area contributed by atoms with E-state index in [1.54, 1.807) is 54.6 Å². The lowest BCUT2D eigenvalue weighted by Gasteiger charge is -2.15. The fourth-order valence-electron chi connectivity index (χ4n) is 15.8. The molecule has 0 aliphatic carbocycles. The van der Waals surface area contributed by atoms with Crippen LogP contribution >= 0.6 is 0 Å². The minimum Gasteiger partial charge on any atom is -0.422 e. The Kier molecular flexibility index (Phi) is 31.7. The van der Waals surface area contributed by atoms with Crippen molar-refractivity contribution in [1.82, 2.24) is 0 Å². The van der Waals surface area contributed by atoms with Crippen LogP contribution in [0.1, 0.15) is 97.1 Å². The van der Waals surface area contributed by atoms with Crippen LogP contribution in [0.2, 0.25) is 0 Å². The summed E-state index contributed by atoms with van der Waals surface area (Å²) < 4.78 is 89.5. The van der Waals surface area contributed by atoms with Gasteiger partial charge < -0.3 is 23.1 Å². The molecular weight excluding hydrogens is 1830 g/mol. The minimum absolute atomic E-state index is 0.263. The van der Waals surface area contributed by atoms with E-state index in [-0.39, 0.29) is 60.5 Å². The van der Waals surface area contributed by atoms with E-state index in [0.717, 1.165) is 78.8 Å². The fourth-order valence-corrected chi connectivity index (χ4v) is 27.7. The molecule has 0 radical (unpaired) electrons. The molecule has 0 heterocycles. The van der Waals surface area contributed by atoms with Crippen molar-refractivity contribution in [3.8, 4) is 28.7 Å². The van der Waals surface area contributed by atoms with Gasteiger partial charge in [0.15, 0.2) is 73.4 Å². The van der Waals surface area contributed by atoms with E-state index in [4.69, 9.17) is 18.9 Å². The molecule has 0 fully saturated rings. The summed E-state index contributed by atoms with van der Waals surface area (Å²) in [7, 11) is -7.55. The first-order chi connectivity index (χ1) is 66.1. The van der Waals surface area contributed by atoms with Crippen LogP contribution in [-0.2, 0) is 64.6 Å². The van der Waals surface area contributed by atoms with E-state index in [9.17, 15) is 40.8 Å². The molecule has 0 atom stereocenters. The average molecular weight is 1930 g/mol. The SMILES string of the molecule is Cc1cc([S+](c2ccccc2)c2ccccc2)cc(C)c1OC(=O)c1ccc(C(=O)Oc2c(C)cc([S+](c3ccccc3)c3ccccc3)cc2C)cc1.Cc1cc([S+](c2ccccc2)c2ccccc2)cc(C)c1OC(=O)c1cccc(C(=O)Oc2c(C)cc([S+](c3ccccc3)c3ccccc3)cc2C)c1.Cc1cc([S+](c2ccccc2)c2ccccc2)cc(C)c1OS(=O)(=O)C(F)(F)F. The molecule has 0 saturated heterocycles. The van der Waals surface area contributed by atoms with Crippen LogP contribution in [-0.4, -0.2) is 37.8 Å². The predicted octanol–water partition coefficient (Wildman–Crippen LogP) is 28.7. The summed E-state index contributed by atoms with van der Waals surface area (Å²) in [6, 6.07) is 136. The number of carbonyl (C=O) groups excluding carboxylic acids is 4. The van der Waals surface area contributed by atoms with Crippen LogP contribution in [0.15, 0.2) is 486 Å². The molecule has 0 unspecified atom stereocenters. The van der Waals surface area contributed by atoms with Gasteiger partial charge in [-0.25, -0.2) is 19.2 Å². The molecule has 0 bridgehead atoms. The molecule has 0 saturated carbocycles. The van der Waals surface area contributed by atoms with Crippen molar-refractivity contribution in [2.45, 2.75) is 148 Å². The van der Waals surface area contributed by atoms with Gasteiger partial charge in [0.25, 0.3) is 0 Å². The highest BCUT2D eigenvalue weighted by molar-refractivity contribution is 7.98. The highest BCUT2D eigenvalue weighted by Gasteiger charge is 2.49. The summed E-state index contributed by atoms with van der Waals surface area (Å²) in [5.41, 5.74) is 3.28. The van der Waals surface area contributed by atoms with Gasteiger partial charge in [-0.15, -0.1) is 0 Å². The van der Waals surface area contributed by atoms with Crippen LogP contribution in [0.4, 0.5) is 13.2 Å². The third-order valence-corrected chi connectivity index (χ3v) is 34.0. The normalized spacial score (nSPS) is 11.3. The van der Waals surface area contributed by atoms with E-state index in [1.807, 2.05) is 165 Å². The van der Waals surface area contributed by atoms with E-state index >= 15 is 0 Å². The number of rotatable bonds is 25. The van der Waals surface area contributed by atoms with Gasteiger partial charge in [0.2, 0.25) is 0 Å². The maximum Gasteiger partial charge on any atom is 0.534 e. The smallest absolute Gasteiger partial charge is 0.422 e. The van der Waals surface area contributed by atoms with E-state index < -0.39 is 50.4 Å². The van der Waals surface area contributed by atoms with Crippen molar-refractivity contribution in [3.05, 3.63) is 490 Å². The molecule has 17 aromatic carbocycles. The maximum absolute atomic E-state index is 13.6. The Morgan fingerprint density at radius 1 is 0.197 bits per heavy atom. The van der Waals surface area contributed by atoms with Gasteiger partial charge in [-0.1, -0.05) is 188 Å². The van der Waals surface area contributed by atoms with Crippen LogP contribution < -0.4 is 23.1 Å². The first-order valence-corrected chi connectivity index (χ1v) is 51.5. The van der Waals surface area contributed by atoms with Gasteiger partial charge in [0.1, 0.15) is 28.7 Å². The van der Waals surface area contributed by atoms with E-state index in [0.29, 0.717) is 45.3 Å². The van der Waals surface area contributed by atoms with Crippen LogP contribution in [0.5, 0.6) is 28.7 Å². The highest BCUT2D eigenvalue weighted by Crippen LogP contribution is 2.44. The van der Waals surface area contributed by atoms with Gasteiger partial charge >= 0.3 is 39.5 Å². The summed E-state index contributed by atoms with van der Waals surface area (Å²) in [5, 5.41) is 0. The van der Waals surface area contributed by atoms with Gasteiger partial charge in [-0.3, -0.25) is 0 Å². The lowest BCUT2D eigenvalue weighted by atomic mass is 10.1. The number of esters is 4. The third kappa shape index (κ3) is 23.7. The lowest BCUT2D eigenvalue weighted by Crippen LogP contribution is -2.28. The largest absolute Gasteiger partial charge is 0.534 e. The first kappa shape index (κ1) is 97.5. The van der Waals surface area contributed by atoms with Crippen LogP contribution in [0, 0.1) is 69.2 Å². The van der Waals surface area contributed by atoms with Gasteiger partial charge in [-0.2, -0.15) is 21.6 Å². The Bertz CT molecular complexity index is 6590. The highest BCUT2D eigenvalue weighted by atomic mass is 32.2. The summed E-state index contributed by atoms with van der Waals surface area (Å²) in [4.78, 5) is 71.2. The number of hydrogen-bond donors (Lipinski definition) is 0. The zero-order valence-electron chi connectivity index (χ0n) is 76.8. The summed E-state index contributed by atoms with van der Waals surface area (Å²) in [6.45, 7) is 18.8. The summed E-state index contributed by atoms with van der Waals surface area (Å²) in [6.07, 6.45) is 0. The van der Waals surface area contributed by atoms with Gasteiger partial charge in [-0.05, 0) is 289 Å². The average Bonchev–Trinajstić information content (AvgIpc) is 0.776. The number of aryl methyl sites for hydroxylation is 10. The van der Waals surface area contributed by atoms with Crippen molar-refractivity contribution in [3.63, 3.8) is 0 Å². The molecule has 0 aromatic heterocycles. The topological polar surface area (TPSA) is 149 Å². The Morgan fingerprint density at radius 3 is 0.511 bits per heavy atom. The molecule has 17 aromatic rings. The molecular formula is C117H98F3O11S6+5. The summed E-state index contributed by atoms with van der Waals surface area (Å²) >= 11 is 0. The zero-order chi connectivity index (χ0) is 96.4. The molecule has 17 rings (SSSR count). The Balaban J connectivity index is 0.000000164. The minimum atomic E-state index is -5.73. The monoisotopic (exact) mass is 1930 g/mol. The number of carbonyl (C=O) groups is 4. The Labute approximate surface area is 813 Å². The van der Waals surface area contributed by atoms with Crippen LogP contribution in [0.25, 0.3) is 0 Å². The van der Waals surface area contributed by atoms with E-state index in [2.05, 4.69) is 247 Å². The third-order valence-electron chi connectivity index (χ3n) is 22.1. The van der Waals surface area contributed by atoms with E-state index in [1.165, 1.54) is 59.1 Å². The fraction of sp³-hybridized carbons (Fsp3) is 0.0940. The lowest BCUT2D eigenvalue weighted by molar-refractivity contribution is -0.0500. The second kappa shape index (κ2) is 44.6.